The number of halogens is 1. The number of benzene rings is 1. The van der Waals surface area contributed by atoms with Crippen molar-refractivity contribution < 1.29 is 4.39 Å². The molecular weight excluding hydrogens is 249 g/mol. The minimum Gasteiger partial charge on any atom is -0.309 e. The van der Waals surface area contributed by atoms with Crippen LogP contribution in [-0.4, -0.2) is 16.6 Å². The van der Waals surface area contributed by atoms with E-state index in [0.717, 1.165) is 28.1 Å². The third-order valence-corrected chi connectivity index (χ3v) is 3.70. The maximum Gasteiger partial charge on any atom is 0.123 e. The smallest absolute Gasteiger partial charge is 0.123 e. The molecule has 0 amide bonds. The monoisotopic (exact) mass is 265 g/mol. The van der Waals surface area contributed by atoms with Crippen molar-refractivity contribution in [2.45, 2.75) is 26.3 Å². The summed E-state index contributed by atoms with van der Waals surface area (Å²) in [4.78, 5) is 1.06. The van der Waals surface area contributed by atoms with E-state index in [1.807, 2.05) is 27.0 Å². The lowest BCUT2D eigenvalue weighted by molar-refractivity contribution is 0.615. The van der Waals surface area contributed by atoms with E-state index in [-0.39, 0.29) is 11.9 Å². The Kier molecular flexibility index (Phi) is 4.04. The largest absolute Gasteiger partial charge is 0.309 e. The molecule has 18 heavy (non-hydrogen) atoms. The average molecular weight is 265 g/mol. The van der Waals surface area contributed by atoms with Gasteiger partial charge in [0.15, 0.2) is 0 Å². The van der Waals surface area contributed by atoms with Crippen LogP contribution >= 0.6 is 11.5 Å². The maximum absolute atomic E-state index is 13.5. The number of hydrogen-bond acceptors (Lipinski definition) is 4. The molecule has 1 unspecified atom stereocenters. The van der Waals surface area contributed by atoms with Gasteiger partial charge in [-0.25, -0.2) is 4.39 Å². The second kappa shape index (κ2) is 5.54. The van der Waals surface area contributed by atoms with E-state index in [0.29, 0.717) is 0 Å². The normalized spacial score (nSPS) is 12.7. The van der Waals surface area contributed by atoms with E-state index < -0.39 is 0 Å². The number of rotatable bonds is 4. The molecule has 1 atom stereocenters. The van der Waals surface area contributed by atoms with E-state index in [9.17, 15) is 4.39 Å². The molecule has 5 heteroatoms. The molecule has 1 aromatic carbocycles. The number of hydrogen-bond donors (Lipinski definition) is 1. The summed E-state index contributed by atoms with van der Waals surface area (Å²) in [6, 6.07) is 5.04. The minimum atomic E-state index is -0.208. The molecule has 1 N–H and O–H groups in total. The summed E-state index contributed by atoms with van der Waals surface area (Å²) in [5.41, 5.74) is 2.80. The van der Waals surface area contributed by atoms with Gasteiger partial charge >= 0.3 is 0 Å². The summed E-state index contributed by atoms with van der Waals surface area (Å²) >= 11 is 1.37. The first kappa shape index (κ1) is 13.1. The SMILES string of the molecule is CCc1nnsc1C(NC)c1cc(C)cc(F)c1. The van der Waals surface area contributed by atoms with Gasteiger partial charge in [0.1, 0.15) is 5.82 Å². The number of aryl methyl sites for hydroxylation is 2. The van der Waals surface area contributed by atoms with Crippen molar-refractivity contribution in [3.63, 3.8) is 0 Å². The molecule has 0 saturated heterocycles. The first-order valence-corrected chi connectivity index (χ1v) is 6.68. The van der Waals surface area contributed by atoms with Gasteiger partial charge in [-0.2, -0.15) is 0 Å². The Balaban J connectivity index is 2.45. The Labute approximate surface area is 110 Å². The molecule has 0 aliphatic carbocycles. The van der Waals surface area contributed by atoms with Gasteiger partial charge in [-0.3, -0.25) is 0 Å². The van der Waals surface area contributed by atoms with E-state index in [4.69, 9.17) is 0 Å². The highest BCUT2D eigenvalue weighted by molar-refractivity contribution is 7.05. The van der Waals surface area contributed by atoms with Gasteiger partial charge in [0, 0.05) is 0 Å². The van der Waals surface area contributed by atoms with Crippen molar-refractivity contribution in [1.29, 1.82) is 0 Å². The van der Waals surface area contributed by atoms with Crippen molar-refractivity contribution in [3.05, 3.63) is 45.7 Å². The summed E-state index contributed by atoms with van der Waals surface area (Å²) in [6.45, 7) is 3.94. The topological polar surface area (TPSA) is 37.8 Å². The predicted octanol–water partition coefficient (Wildman–Crippen LogP) is 2.86. The summed E-state index contributed by atoms with van der Waals surface area (Å²) in [5.74, 6) is -0.208. The first-order chi connectivity index (χ1) is 8.65. The maximum atomic E-state index is 13.5. The summed E-state index contributed by atoms with van der Waals surface area (Å²) in [5, 5.41) is 7.32. The van der Waals surface area contributed by atoms with Gasteiger partial charge in [-0.15, -0.1) is 5.10 Å². The molecule has 0 radical (unpaired) electrons. The standard InChI is InChI=1S/C13H16FN3S/c1-4-11-13(18-17-16-11)12(15-3)9-5-8(2)6-10(14)7-9/h5-7,12,15H,4H2,1-3H3. The van der Waals surface area contributed by atoms with E-state index >= 15 is 0 Å². The van der Waals surface area contributed by atoms with Gasteiger partial charge in [-0.05, 0) is 55.2 Å². The zero-order valence-electron chi connectivity index (χ0n) is 10.7. The van der Waals surface area contributed by atoms with Gasteiger partial charge in [0.2, 0.25) is 0 Å². The third kappa shape index (κ3) is 2.57. The van der Waals surface area contributed by atoms with Gasteiger partial charge in [0.25, 0.3) is 0 Å². The number of nitrogens with zero attached hydrogens (tertiary/aromatic N) is 2. The fraction of sp³-hybridized carbons (Fsp3) is 0.385. The van der Waals surface area contributed by atoms with Crippen molar-refractivity contribution >= 4 is 11.5 Å². The van der Waals surface area contributed by atoms with Crippen molar-refractivity contribution in [3.8, 4) is 0 Å². The molecule has 0 aliphatic heterocycles. The molecule has 0 aliphatic rings. The van der Waals surface area contributed by atoms with Crippen LogP contribution in [0.5, 0.6) is 0 Å². The lowest BCUT2D eigenvalue weighted by Gasteiger charge is -2.16. The predicted molar refractivity (Wildman–Crippen MR) is 71.3 cm³/mol. The molecule has 1 heterocycles. The highest BCUT2D eigenvalue weighted by Crippen LogP contribution is 2.28. The second-order valence-corrected chi connectivity index (χ2v) is 5.01. The van der Waals surface area contributed by atoms with Gasteiger partial charge in [0.05, 0.1) is 16.6 Å². The van der Waals surface area contributed by atoms with Crippen molar-refractivity contribution in [2.75, 3.05) is 7.05 Å². The first-order valence-electron chi connectivity index (χ1n) is 5.91. The molecule has 2 aromatic rings. The molecule has 0 bridgehead atoms. The zero-order valence-corrected chi connectivity index (χ0v) is 11.5. The fourth-order valence-corrected chi connectivity index (χ4v) is 2.94. The number of nitrogens with one attached hydrogen (secondary N) is 1. The Morgan fingerprint density at radius 2 is 2.17 bits per heavy atom. The van der Waals surface area contributed by atoms with Gasteiger partial charge in [-0.1, -0.05) is 17.5 Å². The molecule has 0 saturated carbocycles. The van der Waals surface area contributed by atoms with Crippen LogP contribution in [0.4, 0.5) is 4.39 Å². The molecule has 0 fully saturated rings. The van der Waals surface area contributed by atoms with Crippen LogP contribution in [0, 0.1) is 12.7 Å². The number of aromatic nitrogens is 2. The fourth-order valence-electron chi connectivity index (χ4n) is 2.06. The zero-order chi connectivity index (χ0) is 13.1. The minimum absolute atomic E-state index is 0.0469. The highest BCUT2D eigenvalue weighted by atomic mass is 32.1. The third-order valence-electron chi connectivity index (χ3n) is 2.87. The molecular formula is C13H16FN3S. The summed E-state index contributed by atoms with van der Waals surface area (Å²) in [6.07, 6.45) is 0.832. The summed E-state index contributed by atoms with van der Waals surface area (Å²) < 4.78 is 17.5. The van der Waals surface area contributed by atoms with Crippen LogP contribution in [0.1, 0.15) is 34.7 Å². The Morgan fingerprint density at radius 3 is 2.78 bits per heavy atom. The highest BCUT2D eigenvalue weighted by Gasteiger charge is 2.19. The average Bonchev–Trinajstić information content (AvgIpc) is 2.77. The summed E-state index contributed by atoms with van der Waals surface area (Å²) in [7, 11) is 1.87. The Morgan fingerprint density at radius 1 is 1.39 bits per heavy atom. The molecule has 3 nitrogen and oxygen atoms in total. The molecule has 1 aromatic heterocycles. The van der Waals surface area contributed by atoms with Crippen LogP contribution in [-0.2, 0) is 6.42 Å². The van der Waals surface area contributed by atoms with Crippen LogP contribution < -0.4 is 5.32 Å². The molecule has 2 rings (SSSR count). The van der Waals surface area contributed by atoms with Gasteiger partial charge < -0.3 is 5.32 Å². The van der Waals surface area contributed by atoms with Crippen molar-refractivity contribution in [1.82, 2.24) is 14.9 Å². The van der Waals surface area contributed by atoms with E-state index in [1.165, 1.54) is 17.6 Å². The molecule has 0 spiro atoms. The Bertz CT molecular complexity index is 519. The Hall–Kier alpha value is -1.33. The lowest BCUT2D eigenvalue weighted by atomic mass is 10.0. The quantitative estimate of drug-likeness (QED) is 0.923. The lowest BCUT2D eigenvalue weighted by Crippen LogP contribution is -2.18. The van der Waals surface area contributed by atoms with Crippen molar-refractivity contribution in [2.24, 2.45) is 0 Å². The molecule has 96 valence electrons. The second-order valence-electron chi connectivity index (χ2n) is 4.22. The van der Waals surface area contributed by atoms with Crippen LogP contribution in [0.2, 0.25) is 0 Å². The van der Waals surface area contributed by atoms with E-state index in [2.05, 4.69) is 14.9 Å². The van der Waals surface area contributed by atoms with E-state index in [1.54, 1.807) is 6.07 Å². The van der Waals surface area contributed by atoms with Crippen LogP contribution in [0.25, 0.3) is 0 Å². The van der Waals surface area contributed by atoms with Crippen LogP contribution in [0.15, 0.2) is 18.2 Å². The van der Waals surface area contributed by atoms with Crippen LogP contribution in [0.3, 0.4) is 0 Å².